The molecule has 6 heteroatoms. The van der Waals surface area contributed by atoms with Gasteiger partial charge in [-0.05, 0) is 38.4 Å². The molecule has 0 N–H and O–H groups in total. The van der Waals surface area contributed by atoms with Crippen molar-refractivity contribution in [1.29, 1.82) is 0 Å². The normalized spacial score (nSPS) is 16.5. The van der Waals surface area contributed by atoms with Crippen LogP contribution in [0.3, 0.4) is 0 Å². The van der Waals surface area contributed by atoms with Crippen LogP contribution in [0.4, 0.5) is 5.69 Å². The van der Waals surface area contributed by atoms with Crippen LogP contribution in [0.15, 0.2) is 18.2 Å². The van der Waals surface area contributed by atoms with E-state index >= 15 is 0 Å². The molecule has 120 valence electrons. The van der Waals surface area contributed by atoms with Crippen LogP contribution >= 0.6 is 0 Å². The van der Waals surface area contributed by atoms with Crippen molar-refractivity contribution in [3.05, 3.63) is 39.4 Å². The average molecular weight is 305 g/mol. The molecule has 0 atom stereocenters. The van der Waals surface area contributed by atoms with Crippen molar-refractivity contribution in [1.82, 2.24) is 9.80 Å². The lowest BCUT2D eigenvalue weighted by Gasteiger charge is -2.32. The average Bonchev–Trinajstić information content (AvgIpc) is 2.49. The fourth-order valence-corrected chi connectivity index (χ4v) is 2.98. The topological polar surface area (TPSA) is 66.7 Å². The smallest absolute Gasteiger partial charge is 0.272 e. The first-order valence-electron chi connectivity index (χ1n) is 7.56. The lowest BCUT2D eigenvalue weighted by atomic mass is 9.95. The predicted octanol–water partition coefficient (Wildman–Crippen LogP) is 2.20. The van der Waals surface area contributed by atoms with Crippen LogP contribution in [0.1, 0.15) is 24.0 Å². The van der Waals surface area contributed by atoms with E-state index in [9.17, 15) is 14.9 Å². The summed E-state index contributed by atoms with van der Waals surface area (Å²) in [4.78, 5) is 26.6. The first kappa shape index (κ1) is 16.4. The Kier molecular flexibility index (Phi) is 5.13. The standard InChI is InChI=1S/C16H23N3O3/c1-12-14(5-4-6-15(12)19(21)22)11-18-9-7-13(8-10-18)16(20)17(2)3/h4-6,13H,7-11H2,1-3H3. The highest BCUT2D eigenvalue weighted by molar-refractivity contribution is 5.78. The maximum atomic E-state index is 12.0. The van der Waals surface area contributed by atoms with Gasteiger partial charge in [0.1, 0.15) is 0 Å². The molecule has 22 heavy (non-hydrogen) atoms. The first-order chi connectivity index (χ1) is 10.4. The SMILES string of the molecule is Cc1c(CN2CCC(C(=O)N(C)C)CC2)cccc1[N+](=O)[O-]. The molecule has 1 aliphatic rings. The Hall–Kier alpha value is -1.95. The molecular formula is C16H23N3O3. The van der Waals surface area contributed by atoms with E-state index in [2.05, 4.69) is 4.90 Å². The van der Waals surface area contributed by atoms with Gasteiger partial charge >= 0.3 is 0 Å². The molecule has 1 amide bonds. The van der Waals surface area contributed by atoms with Gasteiger partial charge < -0.3 is 4.90 Å². The van der Waals surface area contributed by atoms with Crippen molar-refractivity contribution < 1.29 is 9.72 Å². The minimum absolute atomic E-state index is 0.109. The van der Waals surface area contributed by atoms with Gasteiger partial charge in [-0.2, -0.15) is 0 Å². The number of carbonyl (C=O) groups excluding carboxylic acids is 1. The van der Waals surface area contributed by atoms with E-state index < -0.39 is 0 Å². The molecule has 1 aromatic carbocycles. The van der Waals surface area contributed by atoms with Crippen molar-refractivity contribution in [2.24, 2.45) is 5.92 Å². The number of nitrogens with zero attached hydrogens (tertiary/aromatic N) is 3. The third-order valence-corrected chi connectivity index (χ3v) is 4.39. The van der Waals surface area contributed by atoms with E-state index in [1.807, 2.05) is 6.07 Å². The zero-order valence-electron chi connectivity index (χ0n) is 13.4. The van der Waals surface area contributed by atoms with Crippen molar-refractivity contribution in [3.8, 4) is 0 Å². The molecule has 1 aromatic rings. The van der Waals surface area contributed by atoms with Gasteiger partial charge in [-0.3, -0.25) is 19.8 Å². The number of nitro benzene ring substituents is 1. The van der Waals surface area contributed by atoms with Crippen LogP contribution in [0.5, 0.6) is 0 Å². The van der Waals surface area contributed by atoms with Crippen LogP contribution in [0.2, 0.25) is 0 Å². The van der Waals surface area contributed by atoms with Gasteiger partial charge in [-0.15, -0.1) is 0 Å². The van der Waals surface area contributed by atoms with Crippen molar-refractivity contribution in [2.45, 2.75) is 26.3 Å². The van der Waals surface area contributed by atoms with Gasteiger partial charge in [0.05, 0.1) is 4.92 Å². The second-order valence-electron chi connectivity index (χ2n) is 6.10. The van der Waals surface area contributed by atoms with Crippen molar-refractivity contribution in [2.75, 3.05) is 27.2 Å². The van der Waals surface area contributed by atoms with Crippen LogP contribution in [0.25, 0.3) is 0 Å². The summed E-state index contributed by atoms with van der Waals surface area (Å²) < 4.78 is 0. The molecule has 0 spiro atoms. The number of hydrogen-bond acceptors (Lipinski definition) is 4. The van der Waals surface area contributed by atoms with E-state index in [1.165, 1.54) is 0 Å². The van der Waals surface area contributed by atoms with Crippen LogP contribution in [-0.4, -0.2) is 47.8 Å². The molecule has 1 fully saturated rings. The van der Waals surface area contributed by atoms with Gasteiger partial charge in [0.2, 0.25) is 5.91 Å². The summed E-state index contributed by atoms with van der Waals surface area (Å²) in [5.74, 6) is 0.309. The Morgan fingerprint density at radius 3 is 2.55 bits per heavy atom. The molecule has 6 nitrogen and oxygen atoms in total. The second kappa shape index (κ2) is 6.87. The van der Waals surface area contributed by atoms with Gasteiger partial charge in [-0.1, -0.05) is 12.1 Å². The number of carbonyl (C=O) groups is 1. The lowest BCUT2D eigenvalue weighted by Crippen LogP contribution is -2.39. The Morgan fingerprint density at radius 2 is 2.00 bits per heavy atom. The molecule has 1 aliphatic heterocycles. The fourth-order valence-electron chi connectivity index (χ4n) is 2.98. The monoisotopic (exact) mass is 305 g/mol. The van der Waals surface area contributed by atoms with E-state index in [1.54, 1.807) is 38.1 Å². The molecule has 2 rings (SSSR count). The number of nitro groups is 1. The number of likely N-dealkylation sites (tertiary alicyclic amines) is 1. The molecule has 0 unspecified atom stereocenters. The van der Waals surface area contributed by atoms with E-state index in [0.29, 0.717) is 6.54 Å². The molecule has 0 radical (unpaired) electrons. The van der Waals surface area contributed by atoms with E-state index in [4.69, 9.17) is 0 Å². The Labute approximate surface area is 130 Å². The van der Waals surface area contributed by atoms with Gasteiger partial charge in [0, 0.05) is 38.2 Å². The molecule has 0 bridgehead atoms. The third kappa shape index (κ3) is 3.62. The van der Waals surface area contributed by atoms with Crippen LogP contribution in [0, 0.1) is 23.0 Å². The summed E-state index contributed by atoms with van der Waals surface area (Å²) in [6.07, 6.45) is 1.70. The summed E-state index contributed by atoms with van der Waals surface area (Å²) in [6.45, 7) is 4.21. The molecular weight excluding hydrogens is 282 g/mol. The van der Waals surface area contributed by atoms with Gasteiger partial charge in [-0.25, -0.2) is 0 Å². The minimum Gasteiger partial charge on any atom is -0.349 e. The minimum atomic E-state index is -0.333. The van der Waals surface area contributed by atoms with E-state index in [0.717, 1.165) is 37.1 Å². The number of benzene rings is 1. The summed E-state index contributed by atoms with van der Waals surface area (Å²) in [7, 11) is 3.59. The number of rotatable bonds is 4. The maximum Gasteiger partial charge on any atom is 0.272 e. The Bertz CT molecular complexity index is 564. The molecule has 0 aliphatic carbocycles. The molecule has 1 heterocycles. The number of hydrogen-bond donors (Lipinski definition) is 0. The predicted molar refractivity (Wildman–Crippen MR) is 84.5 cm³/mol. The van der Waals surface area contributed by atoms with E-state index in [-0.39, 0.29) is 22.4 Å². The number of amides is 1. The summed E-state index contributed by atoms with van der Waals surface area (Å²) >= 11 is 0. The second-order valence-corrected chi connectivity index (χ2v) is 6.10. The highest BCUT2D eigenvalue weighted by Gasteiger charge is 2.26. The lowest BCUT2D eigenvalue weighted by molar-refractivity contribution is -0.385. The maximum absolute atomic E-state index is 12.0. The fraction of sp³-hybridized carbons (Fsp3) is 0.562. The van der Waals surface area contributed by atoms with Gasteiger partial charge in [0.15, 0.2) is 0 Å². The Morgan fingerprint density at radius 1 is 1.36 bits per heavy atom. The van der Waals surface area contributed by atoms with Crippen LogP contribution < -0.4 is 0 Å². The zero-order chi connectivity index (χ0) is 16.3. The van der Waals surface area contributed by atoms with Crippen molar-refractivity contribution in [3.63, 3.8) is 0 Å². The van der Waals surface area contributed by atoms with Crippen molar-refractivity contribution >= 4 is 11.6 Å². The third-order valence-electron chi connectivity index (χ3n) is 4.39. The quantitative estimate of drug-likeness (QED) is 0.632. The largest absolute Gasteiger partial charge is 0.349 e. The summed E-state index contributed by atoms with van der Waals surface area (Å²) in [5.41, 5.74) is 1.90. The summed E-state index contributed by atoms with van der Waals surface area (Å²) in [5, 5.41) is 11.0. The summed E-state index contributed by atoms with van der Waals surface area (Å²) in [6, 6.07) is 5.23. The first-order valence-corrected chi connectivity index (χ1v) is 7.56. The number of piperidine rings is 1. The highest BCUT2D eigenvalue weighted by atomic mass is 16.6. The zero-order valence-corrected chi connectivity index (χ0v) is 13.4. The Balaban J connectivity index is 1.98. The molecule has 1 saturated heterocycles. The molecule has 0 aromatic heterocycles. The molecule has 0 saturated carbocycles. The highest BCUT2D eigenvalue weighted by Crippen LogP contribution is 2.25. The van der Waals surface area contributed by atoms with Crippen LogP contribution in [-0.2, 0) is 11.3 Å². The van der Waals surface area contributed by atoms with Gasteiger partial charge in [0.25, 0.3) is 5.69 Å².